The van der Waals surface area contributed by atoms with Gasteiger partial charge in [0, 0.05) is 17.7 Å². The zero-order valence-electron chi connectivity index (χ0n) is 11.2. The van der Waals surface area contributed by atoms with E-state index in [1.165, 1.54) is 6.07 Å². The monoisotopic (exact) mass is 293 g/mol. The molecule has 0 amide bonds. The lowest BCUT2D eigenvalue weighted by Gasteiger charge is -2.09. The molecule has 3 rings (SSSR count). The summed E-state index contributed by atoms with van der Waals surface area (Å²) in [6.07, 6.45) is -1.35. The number of anilines is 1. The van der Waals surface area contributed by atoms with E-state index >= 15 is 0 Å². The van der Waals surface area contributed by atoms with Gasteiger partial charge >= 0.3 is 6.18 Å². The lowest BCUT2D eigenvalue weighted by Crippen LogP contribution is -2.08. The fourth-order valence-electron chi connectivity index (χ4n) is 2.63. The molecule has 1 heterocycles. The maximum absolute atomic E-state index is 12.7. The second kappa shape index (κ2) is 5.02. The third-order valence-corrected chi connectivity index (χ3v) is 3.63. The SMILES string of the molecule is Nc1nc(Cc2cccc(C(F)(F)F)c2)nc2c1CCC2. The van der Waals surface area contributed by atoms with Crippen molar-refractivity contribution in [1.29, 1.82) is 0 Å². The molecule has 0 bridgehead atoms. The Morgan fingerprint density at radius 1 is 1.14 bits per heavy atom. The van der Waals surface area contributed by atoms with Crippen LogP contribution in [0, 0.1) is 0 Å². The van der Waals surface area contributed by atoms with E-state index in [2.05, 4.69) is 9.97 Å². The summed E-state index contributed by atoms with van der Waals surface area (Å²) < 4.78 is 38.1. The van der Waals surface area contributed by atoms with E-state index in [1.54, 1.807) is 6.07 Å². The summed E-state index contributed by atoms with van der Waals surface area (Å²) in [7, 11) is 0. The Hall–Kier alpha value is -2.11. The Morgan fingerprint density at radius 2 is 1.95 bits per heavy atom. The van der Waals surface area contributed by atoms with Crippen molar-refractivity contribution in [3.05, 3.63) is 52.5 Å². The van der Waals surface area contributed by atoms with E-state index in [0.717, 1.165) is 42.7 Å². The van der Waals surface area contributed by atoms with Gasteiger partial charge in [-0.15, -0.1) is 0 Å². The molecule has 21 heavy (non-hydrogen) atoms. The number of nitrogen functional groups attached to an aromatic ring is 1. The van der Waals surface area contributed by atoms with Crippen molar-refractivity contribution >= 4 is 5.82 Å². The van der Waals surface area contributed by atoms with Crippen LogP contribution in [0.15, 0.2) is 24.3 Å². The van der Waals surface area contributed by atoms with Crippen molar-refractivity contribution in [2.75, 3.05) is 5.73 Å². The highest BCUT2D eigenvalue weighted by Gasteiger charge is 2.30. The minimum atomic E-state index is -4.34. The van der Waals surface area contributed by atoms with Crippen molar-refractivity contribution in [3.8, 4) is 0 Å². The van der Waals surface area contributed by atoms with Crippen LogP contribution in [0.2, 0.25) is 0 Å². The molecular formula is C15H14F3N3. The quantitative estimate of drug-likeness (QED) is 0.925. The summed E-state index contributed by atoms with van der Waals surface area (Å²) in [4.78, 5) is 8.65. The zero-order chi connectivity index (χ0) is 15.0. The van der Waals surface area contributed by atoms with E-state index < -0.39 is 11.7 Å². The minimum Gasteiger partial charge on any atom is -0.383 e. The highest BCUT2D eigenvalue weighted by Crippen LogP contribution is 2.30. The van der Waals surface area contributed by atoms with E-state index in [0.29, 0.717) is 17.2 Å². The average molecular weight is 293 g/mol. The summed E-state index contributed by atoms with van der Waals surface area (Å²) in [6, 6.07) is 5.23. The number of aromatic nitrogens is 2. The van der Waals surface area contributed by atoms with E-state index in [1.807, 2.05) is 0 Å². The molecule has 1 aliphatic rings. The van der Waals surface area contributed by atoms with Crippen LogP contribution in [0.4, 0.5) is 19.0 Å². The first-order valence-electron chi connectivity index (χ1n) is 6.74. The summed E-state index contributed by atoms with van der Waals surface area (Å²) in [5.41, 5.74) is 7.69. The van der Waals surface area contributed by atoms with Crippen LogP contribution < -0.4 is 5.73 Å². The van der Waals surface area contributed by atoms with Gasteiger partial charge in [-0.05, 0) is 30.9 Å². The van der Waals surface area contributed by atoms with Gasteiger partial charge in [-0.25, -0.2) is 9.97 Å². The topological polar surface area (TPSA) is 51.8 Å². The summed E-state index contributed by atoms with van der Waals surface area (Å²) in [6.45, 7) is 0. The van der Waals surface area contributed by atoms with Crippen LogP contribution >= 0.6 is 0 Å². The molecule has 0 radical (unpaired) electrons. The standard InChI is InChI=1S/C15H14F3N3/c16-15(17,18)10-4-1-3-9(7-10)8-13-20-12-6-2-5-11(12)14(19)21-13/h1,3-4,7H,2,5-6,8H2,(H2,19,20,21). The molecule has 2 N–H and O–H groups in total. The molecule has 0 aliphatic heterocycles. The maximum atomic E-state index is 12.7. The third kappa shape index (κ3) is 2.84. The first kappa shape index (κ1) is 13.9. The number of nitrogens with zero attached hydrogens (tertiary/aromatic N) is 2. The number of fused-ring (bicyclic) bond motifs is 1. The molecule has 3 nitrogen and oxygen atoms in total. The Labute approximate surface area is 120 Å². The van der Waals surface area contributed by atoms with E-state index in [4.69, 9.17) is 5.73 Å². The van der Waals surface area contributed by atoms with Crippen LogP contribution in [0.25, 0.3) is 0 Å². The van der Waals surface area contributed by atoms with Crippen molar-refractivity contribution in [2.24, 2.45) is 0 Å². The minimum absolute atomic E-state index is 0.251. The van der Waals surface area contributed by atoms with Crippen LogP contribution in [0.1, 0.15) is 34.6 Å². The molecule has 0 saturated carbocycles. The van der Waals surface area contributed by atoms with Gasteiger partial charge < -0.3 is 5.73 Å². The van der Waals surface area contributed by atoms with E-state index in [9.17, 15) is 13.2 Å². The maximum Gasteiger partial charge on any atom is 0.416 e. The van der Waals surface area contributed by atoms with Crippen molar-refractivity contribution in [3.63, 3.8) is 0 Å². The van der Waals surface area contributed by atoms with Gasteiger partial charge in [0.05, 0.1) is 5.56 Å². The molecule has 1 aromatic heterocycles. The third-order valence-electron chi connectivity index (χ3n) is 3.63. The molecule has 0 spiro atoms. The number of halogens is 3. The predicted octanol–water partition coefficient (Wildman–Crippen LogP) is 3.16. The molecule has 1 aromatic carbocycles. The zero-order valence-corrected chi connectivity index (χ0v) is 11.2. The number of aryl methyl sites for hydroxylation is 1. The highest BCUT2D eigenvalue weighted by molar-refractivity contribution is 5.45. The fourth-order valence-corrected chi connectivity index (χ4v) is 2.63. The predicted molar refractivity (Wildman–Crippen MR) is 72.7 cm³/mol. The molecule has 0 fully saturated rings. The van der Waals surface area contributed by atoms with Crippen molar-refractivity contribution < 1.29 is 13.2 Å². The Morgan fingerprint density at radius 3 is 2.71 bits per heavy atom. The number of hydrogen-bond acceptors (Lipinski definition) is 3. The van der Waals surface area contributed by atoms with Gasteiger partial charge in [0.25, 0.3) is 0 Å². The smallest absolute Gasteiger partial charge is 0.383 e. The Balaban J connectivity index is 1.89. The molecule has 2 aromatic rings. The second-order valence-electron chi connectivity index (χ2n) is 5.18. The molecule has 6 heteroatoms. The fraction of sp³-hybridized carbons (Fsp3) is 0.333. The summed E-state index contributed by atoms with van der Waals surface area (Å²) in [5, 5.41) is 0. The number of hydrogen-bond donors (Lipinski definition) is 1. The van der Waals surface area contributed by atoms with Crippen LogP contribution in [-0.2, 0) is 25.4 Å². The summed E-state index contributed by atoms with van der Waals surface area (Å²) in [5.74, 6) is 0.937. The van der Waals surface area contributed by atoms with Gasteiger partial charge in [-0.3, -0.25) is 0 Å². The van der Waals surface area contributed by atoms with Crippen LogP contribution in [0.5, 0.6) is 0 Å². The van der Waals surface area contributed by atoms with Crippen LogP contribution in [-0.4, -0.2) is 9.97 Å². The number of rotatable bonds is 2. The average Bonchev–Trinajstić information content (AvgIpc) is 2.87. The first-order valence-corrected chi connectivity index (χ1v) is 6.74. The lowest BCUT2D eigenvalue weighted by molar-refractivity contribution is -0.137. The highest BCUT2D eigenvalue weighted by atomic mass is 19.4. The second-order valence-corrected chi connectivity index (χ2v) is 5.18. The molecular weight excluding hydrogens is 279 g/mol. The van der Waals surface area contributed by atoms with E-state index in [-0.39, 0.29) is 6.42 Å². The number of nitrogens with two attached hydrogens (primary N) is 1. The number of alkyl halides is 3. The summed E-state index contributed by atoms with van der Waals surface area (Å²) >= 11 is 0. The Kier molecular flexibility index (Phi) is 3.31. The van der Waals surface area contributed by atoms with Gasteiger partial charge in [0.1, 0.15) is 11.6 Å². The molecule has 0 atom stereocenters. The molecule has 0 saturated heterocycles. The molecule has 1 aliphatic carbocycles. The van der Waals surface area contributed by atoms with Gasteiger partial charge in [0.15, 0.2) is 0 Å². The van der Waals surface area contributed by atoms with Crippen LogP contribution in [0.3, 0.4) is 0 Å². The first-order chi connectivity index (χ1) is 9.93. The lowest BCUT2D eigenvalue weighted by atomic mass is 10.1. The number of benzene rings is 1. The molecule has 0 unspecified atom stereocenters. The Bertz CT molecular complexity index is 680. The van der Waals surface area contributed by atoms with Gasteiger partial charge in [0.2, 0.25) is 0 Å². The van der Waals surface area contributed by atoms with Crippen molar-refractivity contribution in [1.82, 2.24) is 9.97 Å². The normalized spacial score (nSPS) is 14.2. The van der Waals surface area contributed by atoms with Crippen molar-refractivity contribution in [2.45, 2.75) is 31.9 Å². The van der Waals surface area contributed by atoms with Gasteiger partial charge in [-0.1, -0.05) is 18.2 Å². The largest absolute Gasteiger partial charge is 0.416 e. The molecule has 110 valence electrons. The van der Waals surface area contributed by atoms with Gasteiger partial charge in [-0.2, -0.15) is 13.2 Å².